The third-order valence-corrected chi connectivity index (χ3v) is 1.55. The van der Waals surface area contributed by atoms with Gasteiger partial charge < -0.3 is 19.0 Å². The number of furan rings is 1. The SMILES string of the molecule is COC(=O)c1coc(COCCO)c1. The van der Waals surface area contributed by atoms with E-state index in [4.69, 9.17) is 14.3 Å². The third kappa shape index (κ3) is 2.86. The quantitative estimate of drug-likeness (QED) is 0.556. The second kappa shape index (κ2) is 5.41. The van der Waals surface area contributed by atoms with E-state index in [0.29, 0.717) is 11.3 Å². The van der Waals surface area contributed by atoms with Gasteiger partial charge in [0.15, 0.2) is 0 Å². The van der Waals surface area contributed by atoms with Gasteiger partial charge >= 0.3 is 5.97 Å². The minimum Gasteiger partial charge on any atom is -0.466 e. The summed E-state index contributed by atoms with van der Waals surface area (Å²) >= 11 is 0. The number of hydrogen-bond acceptors (Lipinski definition) is 5. The lowest BCUT2D eigenvalue weighted by Gasteiger charge is -1.96. The number of aliphatic hydroxyl groups excluding tert-OH is 1. The van der Waals surface area contributed by atoms with E-state index in [1.165, 1.54) is 13.4 Å². The lowest BCUT2D eigenvalue weighted by molar-refractivity contribution is 0.0600. The maximum Gasteiger partial charge on any atom is 0.341 e. The molecule has 14 heavy (non-hydrogen) atoms. The minimum absolute atomic E-state index is 0.0371. The fourth-order valence-electron chi connectivity index (χ4n) is 0.919. The van der Waals surface area contributed by atoms with Gasteiger partial charge in [0, 0.05) is 0 Å². The Balaban J connectivity index is 2.46. The molecular formula is C9H12O5. The summed E-state index contributed by atoms with van der Waals surface area (Å²) in [6, 6.07) is 1.54. The van der Waals surface area contributed by atoms with Crippen LogP contribution < -0.4 is 0 Å². The summed E-state index contributed by atoms with van der Waals surface area (Å²) in [6.07, 6.45) is 1.31. The van der Waals surface area contributed by atoms with Gasteiger partial charge in [0.2, 0.25) is 0 Å². The van der Waals surface area contributed by atoms with E-state index in [1.807, 2.05) is 0 Å². The van der Waals surface area contributed by atoms with E-state index in [1.54, 1.807) is 6.07 Å². The highest BCUT2D eigenvalue weighted by Crippen LogP contribution is 2.09. The fourth-order valence-corrected chi connectivity index (χ4v) is 0.919. The monoisotopic (exact) mass is 200 g/mol. The highest BCUT2D eigenvalue weighted by atomic mass is 16.5. The van der Waals surface area contributed by atoms with Crippen molar-refractivity contribution in [2.75, 3.05) is 20.3 Å². The molecule has 0 radical (unpaired) electrons. The number of methoxy groups -OCH3 is 1. The van der Waals surface area contributed by atoms with Crippen molar-refractivity contribution in [1.29, 1.82) is 0 Å². The molecule has 1 heterocycles. The zero-order valence-electron chi connectivity index (χ0n) is 7.86. The number of ether oxygens (including phenoxy) is 2. The van der Waals surface area contributed by atoms with Crippen molar-refractivity contribution in [2.24, 2.45) is 0 Å². The number of hydrogen-bond donors (Lipinski definition) is 1. The van der Waals surface area contributed by atoms with Crippen LogP contribution in [0.15, 0.2) is 16.7 Å². The molecule has 1 aromatic rings. The van der Waals surface area contributed by atoms with Crippen molar-refractivity contribution in [1.82, 2.24) is 0 Å². The predicted molar refractivity (Wildman–Crippen MR) is 46.8 cm³/mol. The summed E-state index contributed by atoms with van der Waals surface area (Å²) in [7, 11) is 1.30. The summed E-state index contributed by atoms with van der Waals surface area (Å²) in [6.45, 7) is 0.441. The average molecular weight is 200 g/mol. The largest absolute Gasteiger partial charge is 0.466 e. The van der Waals surface area contributed by atoms with Gasteiger partial charge in [-0.3, -0.25) is 0 Å². The second-order valence-electron chi connectivity index (χ2n) is 2.57. The molecule has 0 atom stereocenters. The summed E-state index contributed by atoms with van der Waals surface area (Å²) < 4.78 is 14.5. The molecule has 0 aliphatic heterocycles. The molecule has 0 bridgehead atoms. The van der Waals surface area contributed by atoms with Crippen LogP contribution >= 0.6 is 0 Å². The standard InChI is InChI=1S/C9H12O5/c1-12-9(11)7-4-8(14-5-7)6-13-3-2-10/h4-5,10H,2-3,6H2,1H3. The predicted octanol–water partition coefficient (Wildman–Crippen LogP) is 0.575. The first-order chi connectivity index (χ1) is 6.77. The Morgan fingerprint density at radius 2 is 2.43 bits per heavy atom. The number of carbonyl (C=O) groups is 1. The lowest BCUT2D eigenvalue weighted by Crippen LogP contribution is -1.99. The summed E-state index contributed by atoms with van der Waals surface area (Å²) in [5, 5.41) is 8.45. The van der Waals surface area contributed by atoms with E-state index in [9.17, 15) is 4.79 Å². The van der Waals surface area contributed by atoms with E-state index < -0.39 is 5.97 Å². The van der Waals surface area contributed by atoms with Crippen molar-refractivity contribution in [3.8, 4) is 0 Å². The zero-order valence-corrected chi connectivity index (χ0v) is 7.86. The van der Waals surface area contributed by atoms with Gasteiger partial charge in [0.1, 0.15) is 18.6 Å². The molecule has 1 N–H and O–H groups in total. The first-order valence-electron chi connectivity index (χ1n) is 4.12. The summed E-state index contributed by atoms with van der Waals surface area (Å²) in [4.78, 5) is 11.0. The van der Waals surface area contributed by atoms with Gasteiger partial charge in [0.25, 0.3) is 0 Å². The van der Waals surface area contributed by atoms with E-state index >= 15 is 0 Å². The van der Waals surface area contributed by atoms with E-state index in [0.717, 1.165) is 0 Å². The molecule has 0 fully saturated rings. The van der Waals surface area contributed by atoms with Crippen LogP contribution in [0, 0.1) is 0 Å². The molecule has 0 spiro atoms. The molecule has 0 unspecified atom stereocenters. The van der Waals surface area contributed by atoms with Crippen molar-refractivity contribution in [3.05, 3.63) is 23.7 Å². The number of carbonyl (C=O) groups excluding carboxylic acids is 1. The first-order valence-corrected chi connectivity index (χ1v) is 4.12. The Morgan fingerprint density at radius 1 is 1.64 bits per heavy atom. The van der Waals surface area contributed by atoms with E-state index in [-0.39, 0.29) is 19.8 Å². The Morgan fingerprint density at radius 3 is 3.07 bits per heavy atom. The highest BCUT2D eigenvalue weighted by Gasteiger charge is 2.09. The van der Waals surface area contributed by atoms with Crippen LogP contribution in [-0.4, -0.2) is 31.4 Å². The van der Waals surface area contributed by atoms with Crippen LogP contribution in [0.5, 0.6) is 0 Å². The molecule has 5 heteroatoms. The van der Waals surface area contributed by atoms with Gasteiger partial charge in [-0.2, -0.15) is 0 Å². The average Bonchev–Trinajstić information content (AvgIpc) is 2.66. The molecule has 0 aromatic carbocycles. The molecule has 1 aromatic heterocycles. The molecular weight excluding hydrogens is 188 g/mol. The molecule has 1 rings (SSSR count). The van der Waals surface area contributed by atoms with Crippen LogP contribution in [0.4, 0.5) is 0 Å². The number of esters is 1. The van der Waals surface area contributed by atoms with Crippen LogP contribution in [0.3, 0.4) is 0 Å². The Kier molecular flexibility index (Phi) is 4.15. The Labute approximate surface area is 81.2 Å². The van der Waals surface area contributed by atoms with Gasteiger partial charge in [-0.1, -0.05) is 0 Å². The minimum atomic E-state index is -0.442. The normalized spacial score (nSPS) is 10.1. The zero-order chi connectivity index (χ0) is 10.4. The molecule has 0 saturated carbocycles. The first kappa shape index (κ1) is 10.7. The summed E-state index contributed by atoms with van der Waals surface area (Å²) in [5.41, 5.74) is 0.357. The van der Waals surface area contributed by atoms with Gasteiger partial charge in [-0.05, 0) is 6.07 Å². The molecule has 0 aliphatic rings. The topological polar surface area (TPSA) is 68.9 Å². The Hall–Kier alpha value is -1.33. The molecule has 0 aliphatic carbocycles. The van der Waals surface area contributed by atoms with Crippen LogP contribution in [0.1, 0.15) is 16.1 Å². The van der Waals surface area contributed by atoms with Crippen molar-refractivity contribution in [3.63, 3.8) is 0 Å². The van der Waals surface area contributed by atoms with Crippen molar-refractivity contribution < 1.29 is 23.8 Å². The van der Waals surface area contributed by atoms with Gasteiger partial charge in [0.05, 0.1) is 25.9 Å². The van der Waals surface area contributed by atoms with Crippen LogP contribution in [-0.2, 0) is 16.1 Å². The summed E-state index contributed by atoms with van der Waals surface area (Å²) in [5.74, 6) is 0.0843. The maximum atomic E-state index is 11.0. The third-order valence-electron chi connectivity index (χ3n) is 1.55. The van der Waals surface area contributed by atoms with Crippen molar-refractivity contribution in [2.45, 2.75) is 6.61 Å². The number of aliphatic hydroxyl groups is 1. The van der Waals surface area contributed by atoms with Gasteiger partial charge in [-0.15, -0.1) is 0 Å². The molecule has 0 amide bonds. The molecule has 0 saturated heterocycles. The molecule has 5 nitrogen and oxygen atoms in total. The van der Waals surface area contributed by atoms with Crippen molar-refractivity contribution >= 4 is 5.97 Å². The van der Waals surface area contributed by atoms with Gasteiger partial charge in [-0.25, -0.2) is 4.79 Å². The van der Waals surface area contributed by atoms with E-state index in [2.05, 4.69) is 4.74 Å². The fraction of sp³-hybridized carbons (Fsp3) is 0.444. The highest BCUT2D eigenvalue weighted by molar-refractivity contribution is 5.88. The lowest BCUT2D eigenvalue weighted by atomic mass is 10.3. The maximum absolute atomic E-state index is 11.0. The molecule has 78 valence electrons. The number of rotatable bonds is 5. The second-order valence-corrected chi connectivity index (χ2v) is 2.57. The van der Waals surface area contributed by atoms with Crippen LogP contribution in [0.2, 0.25) is 0 Å². The smallest absolute Gasteiger partial charge is 0.341 e. The Bertz CT molecular complexity index is 291. The van der Waals surface area contributed by atoms with Crippen LogP contribution in [0.25, 0.3) is 0 Å².